The number of urea groups is 1. The van der Waals surface area contributed by atoms with Crippen LogP contribution in [0.4, 0.5) is 4.79 Å². The number of hydrogen-bond acceptors (Lipinski definition) is 5. The molecule has 3 heterocycles. The lowest BCUT2D eigenvalue weighted by Crippen LogP contribution is -2.44. The highest BCUT2D eigenvalue weighted by Crippen LogP contribution is 2.35. The lowest BCUT2D eigenvalue weighted by Gasteiger charge is -2.23. The Morgan fingerprint density at radius 3 is 2.73 bits per heavy atom. The van der Waals surface area contributed by atoms with Crippen molar-refractivity contribution in [2.75, 3.05) is 6.54 Å². The van der Waals surface area contributed by atoms with Crippen molar-refractivity contribution in [3.8, 4) is 0 Å². The summed E-state index contributed by atoms with van der Waals surface area (Å²) in [4.78, 5) is 45.0. The fourth-order valence-corrected chi connectivity index (χ4v) is 4.28. The van der Waals surface area contributed by atoms with E-state index < -0.39 is 5.54 Å². The average molecular weight is 410 g/mol. The molecule has 158 valence electrons. The monoisotopic (exact) mass is 410 g/mol. The lowest BCUT2D eigenvalue weighted by molar-refractivity contribution is -0.134. The Morgan fingerprint density at radius 1 is 1.20 bits per heavy atom. The number of aromatic nitrogens is 1. The predicted molar refractivity (Wildman–Crippen MR) is 108 cm³/mol. The van der Waals surface area contributed by atoms with E-state index in [9.17, 15) is 14.4 Å². The Balaban J connectivity index is 1.35. The molecular weight excluding hydrogens is 384 g/mol. The van der Waals surface area contributed by atoms with E-state index in [4.69, 9.17) is 4.42 Å². The Kier molecular flexibility index (Phi) is 5.83. The fourth-order valence-electron chi connectivity index (χ4n) is 4.28. The van der Waals surface area contributed by atoms with Crippen LogP contribution in [-0.2, 0) is 22.7 Å². The van der Waals surface area contributed by atoms with Crippen molar-refractivity contribution in [3.63, 3.8) is 0 Å². The number of nitrogens with one attached hydrogen (secondary N) is 1. The van der Waals surface area contributed by atoms with Crippen molar-refractivity contribution in [3.05, 3.63) is 54.2 Å². The van der Waals surface area contributed by atoms with Gasteiger partial charge in [-0.1, -0.05) is 18.9 Å². The van der Waals surface area contributed by atoms with Crippen molar-refractivity contribution in [2.24, 2.45) is 0 Å². The van der Waals surface area contributed by atoms with Crippen LogP contribution in [0.1, 0.15) is 49.8 Å². The molecule has 30 heavy (non-hydrogen) atoms. The van der Waals surface area contributed by atoms with Crippen LogP contribution in [0.25, 0.3) is 0 Å². The molecule has 1 saturated heterocycles. The number of hydrogen-bond donors (Lipinski definition) is 1. The Labute approximate surface area is 175 Å². The van der Waals surface area contributed by atoms with Crippen molar-refractivity contribution in [2.45, 2.75) is 57.2 Å². The standard InChI is InChI=1S/C22H26N4O4/c27-19(8-4-12-26-20(28)22(24-21(26)29)9-1-2-10-22)25(16-18-7-5-13-30-18)15-17-6-3-11-23-14-17/h3,5-7,11,13-14H,1-2,4,8-10,12,15-16H2,(H,24,29). The van der Waals surface area contributed by atoms with Crippen molar-refractivity contribution >= 4 is 17.8 Å². The number of furan rings is 1. The topological polar surface area (TPSA) is 95.8 Å². The number of carbonyl (C=O) groups excluding carboxylic acids is 3. The molecule has 1 N–H and O–H groups in total. The Morgan fingerprint density at radius 2 is 2.03 bits per heavy atom. The molecule has 2 aromatic rings. The maximum Gasteiger partial charge on any atom is 0.325 e. The van der Waals surface area contributed by atoms with Crippen LogP contribution >= 0.6 is 0 Å². The van der Waals surface area contributed by atoms with Gasteiger partial charge in [-0.25, -0.2) is 4.79 Å². The zero-order chi connectivity index (χ0) is 21.0. The minimum atomic E-state index is -0.702. The van der Waals surface area contributed by atoms with E-state index in [0.717, 1.165) is 18.4 Å². The average Bonchev–Trinajstić information content (AvgIpc) is 3.47. The minimum absolute atomic E-state index is 0.0575. The third-order valence-electron chi connectivity index (χ3n) is 5.85. The number of carbonyl (C=O) groups is 3. The number of pyridine rings is 1. The first-order valence-corrected chi connectivity index (χ1v) is 10.4. The van der Waals surface area contributed by atoms with Gasteiger partial charge in [0, 0.05) is 31.9 Å². The third kappa shape index (κ3) is 4.22. The van der Waals surface area contributed by atoms with E-state index in [1.54, 1.807) is 29.6 Å². The highest BCUT2D eigenvalue weighted by molar-refractivity contribution is 6.07. The van der Waals surface area contributed by atoms with E-state index >= 15 is 0 Å². The first-order valence-electron chi connectivity index (χ1n) is 10.4. The lowest BCUT2D eigenvalue weighted by atomic mass is 9.98. The van der Waals surface area contributed by atoms with Gasteiger partial charge in [0.05, 0.1) is 12.8 Å². The molecular formula is C22H26N4O4. The molecule has 1 saturated carbocycles. The van der Waals surface area contributed by atoms with E-state index in [2.05, 4.69) is 10.3 Å². The highest BCUT2D eigenvalue weighted by atomic mass is 16.3. The van der Waals surface area contributed by atoms with Gasteiger partial charge in [0.15, 0.2) is 0 Å². The molecule has 0 bridgehead atoms. The zero-order valence-corrected chi connectivity index (χ0v) is 16.9. The second-order valence-electron chi connectivity index (χ2n) is 7.97. The van der Waals surface area contributed by atoms with Crippen LogP contribution in [-0.4, -0.2) is 44.7 Å². The first-order chi connectivity index (χ1) is 14.6. The Bertz CT molecular complexity index is 891. The number of rotatable bonds is 8. The third-order valence-corrected chi connectivity index (χ3v) is 5.85. The smallest absolute Gasteiger partial charge is 0.325 e. The molecule has 8 heteroatoms. The molecule has 1 aliphatic carbocycles. The minimum Gasteiger partial charge on any atom is -0.467 e. The van der Waals surface area contributed by atoms with Crippen molar-refractivity contribution in [1.29, 1.82) is 0 Å². The van der Waals surface area contributed by atoms with E-state index in [1.165, 1.54) is 4.90 Å². The number of amides is 4. The van der Waals surface area contributed by atoms with Crippen LogP contribution in [0, 0.1) is 0 Å². The molecule has 0 unspecified atom stereocenters. The second-order valence-corrected chi connectivity index (χ2v) is 7.97. The van der Waals surface area contributed by atoms with Crippen LogP contribution in [0.15, 0.2) is 47.3 Å². The molecule has 2 aromatic heterocycles. The second kappa shape index (κ2) is 8.69. The summed E-state index contributed by atoms with van der Waals surface area (Å²) in [6.45, 7) is 1.02. The largest absolute Gasteiger partial charge is 0.467 e. The fraction of sp³-hybridized carbons (Fsp3) is 0.455. The van der Waals surface area contributed by atoms with Crippen LogP contribution < -0.4 is 5.32 Å². The molecule has 4 rings (SSSR count). The van der Waals surface area contributed by atoms with Crippen molar-refractivity contribution < 1.29 is 18.8 Å². The van der Waals surface area contributed by atoms with Crippen LogP contribution in [0.3, 0.4) is 0 Å². The Hall–Kier alpha value is -3.16. The van der Waals surface area contributed by atoms with Gasteiger partial charge in [-0.15, -0.1) is 0 Å². The normalized spacial score (nSPS) is 17.5. The van der Waals surface area contributed by atoms with Gasteiger partial charge in [0.2, 0.25) is 5.91 Å². The zero-order valence-electron chi connectivity index (χ0n) is 16.9. The maximum atomic E-state index is 12.9. The van der Waals surface area contributed by atoms with Gasteiger partial charge in [0.1, 0.15) is 11.3 Å². The number of imide groups is 1. The van der Waals surface area contributed by atoms with Crippen molar-refractivity contribution in [1.82, 2.24) is 20.1 Å². The SMILES string of the molecule is O=C(CCCN1C(=O)NC2(CCCC2)C1=O)N(Cc1cccnc1)Cc1ccco1. The molecule has 2 fully saturated rings. The quantitative estimate of drug-likeness (QED) is 0.675. The summed E-state index contributed by atoms with van der Waals surface area (Å²) in [6.07, 6.45) is 8.99. The summed E-state index contributed by atoms with van der Waals surface area (Å²) in [6, 6.07) is 7.04. The van der Waals surface area contributed by atoms with E-state index in [1.807, 2.05) is 18.2 Å². The molecule has 4 amide bonds. The summed E-state index contributed by atoms with van der Waals surface area (Å²) in [5.41, 5.74) is 0.224. The van der Waals surface area contributed by atoms with Gasteiger partial charge in [-0.3, -0.25) is 19.5 Å². The molecule has 0 aromatic carbocycles. The molecule has 2 aliphatic rings. The summed E-state index contributed by atoms with van der Waals surface area (Å²) < 4.78 is 5.40. The predicted octanol–water partition coefficient (Wildman–Crippen LogP) is 2.85. The van der Waals surface area contributed by atoms with Crippen LogP contribution in [0.2, 0.25) is 0 Å². The summed E-state index contributed by atoms with van der Waals surface area (Å²) in [7, 11) is 0. The molecule has 1 spiro atoms. The van der Waals surface area contributed by atoms with Gasteiger partial charge < -0.3 is 14.6 Å². The van der Waals surface area contributed by atoms with E-state index in [-0.39, 0.29) is 30.8 Å². The summed E-state index contributed by atoms with van der Waals surface area (Å²) in [5.74, 6) is 0.502. The summed E-state index contributed by atoms with van der Waals surface area (Å²) >= 11 is 0. The first kappa shape index (κ1) is 20.1. The van der Waals surface area contributed by atoms with E-state index in [0.29, 0.717) is 38.1 Å². The van der Waals surface area contributed by atoms with Gasteiger partial charge in [0.25, 0.3) is 5.91 Å². The summed E-state index contributed by atoms with van der Waals surface area (Å²) in [5, 5.41) is 2.88. The molecule has 0 radical (unpaired) electrons. The van der Waals surface area contributed by atoms with Gasteiger partial charge in [-0.05, 0) is 43.0 Å². The maximum absolute atomic E-state index is 12.9. The van der Waals surface area contributed by atoms with Gasteiger partial charge >= 0.3 is 6.03 Å². The number of nitrogens with zero attached hydrogens (tertiary/aromatic N) is 3. The highest BCUT2D eigenvalue weighted by Gasteiger charge is 2.52. The molecule has 1 aliphatic heterocycles. The van der Waals surface area contributed by atoms with Crippen LogP contribution in [0.5, 0.6) is 0 Å². The molecule has 8 nitrogen and oxygen atoms in total. The molecule has 0 atom stereocenters. The van der Waals surface area contributed by atoms with Gasteiger partial charge in [-0.2, -0.15) is 0 Å².